The highest BCUT2D eigenvalue weighted by Crippen LogP contribution is 2.24. The summed E-state index contributed by atoms with van der Waals surface area (Å²) < 4.78 is 0. The van der Waals surface area contributed by atoms with E-state index in [-0.39, 0.29) is 0 Å². The lowest BCUT2D eigenvalue weighted by Gasteiger charge is -2.20. The molecule has 7 heteroatoms. The lowest BCUT2D eigenvalue weighted by atomic mass is 10.1. The van der Waals surface area contributed by atoms with E-state index < -0.39 is 0 Å². The van der Waals surface area contributed by atoms with Crippen molar-refractivity contribution in [3.8, 4) is 0 Å². The summed E-state index contributed by atoms with van der Waals surface area (Å²) in [5.41, 5.74) is 8.71. The molecule has 0 amide bonds. The van der Waals surface area contributed by atoms with Crippen LogP contribution >= 0.6 is 0 Å². The van der Waals surface area contributed by atoms with Gasteiger partial charge in [0.05, 0.1) is 11.7 Å². The Bertz CT molecular complexity index is 1120. The van der Waals surface area contributed by atoms with Gasteiger partial charge in [0.1, 0.15) is 5.52 Å². The Hall–Kier alpha value is -3.48. The van der Waals surface area contributed by atoms with Crippen molar-refractivity contribution < 1.29 is 0 Å². The highest BCUT2D eigenvalue weighted by molar-refractivity contribution is 6.04. The molecule has 142 valence electrons. The zero-order valence-electron chi connectivity index (χ0n) is 16.3. The van der Waals surface area contributed by atoms with Crippen molar-refractivity contribution in [1.82, 2.24) is 20.2 Å². The monoisotopic (exact) mass is 373 g/mol. The number of anilines is 2. The second kappa shape index (κ2) is 7.64. The van der Waals surface area contributed by atoms with Gasteiger partial charge in [0, 0.05) is 24.2 Å². The number of hydrogen-bond donors (Lipinski definition) is 2. The van der Waals surface area contributed by atoms with Crippen LogP contribution in [0.4, 0.5) is 11.6 Å². The molecule has 4 rings (SSSR count). The van der Waals surface area contributed by atoms with Gasteiger partial charge < -0.3 is 9.88 Å². The number of aromatic amines is 1. The van der Waals surface area contributed by atoms with Crippen LogP contribution in [0.25, 0.3) is 22.1 Å². The van der Waals surface area contributed by atoms with Crippen LogP contribution in [0.15, 0.2) is 47.6 Å². The first-order valence-electron chi connectivity index (χ1n) is 9.45. The third-order valence-electron chi connectivity index (χ3n) is 4.86. The third kappa shape index (κ3) is 3.38. The molecule has 28 heavy (non-hydrogen) atoms. The minimum atomic E-state index is 0.354. The lowest BCUT2D eigenvalue weighted by molar-refractivity contribution is 0.866. The first-order valence-corrected chi connectivity index (χ1v) is 9.45. The highest BCUT2D eigenvalue weighted by Gasteiger charge is 2.10. The van der Waals surface area contributed by atoms with E-state index in [4.69, 9.17) is 0 Å². The molecule has 0 aliphatic heterocycles. The van der Waals surface area contributed by atoms with Crippen LogP contribution in [0.3, 0.4) is 0 Å². The van der Waals surface area contributed by atoms with Crippen molar-refractivity contribution in [2.24, 2.45) is 5.10 Å². The van der Waals surface area contributed by atoms with E-state index in [9.17, 15) is 0 Å². The summed E-state index contributed by atoms with van der Waals surface area (Å²) >= 11 is 0. The van der Waals surface area contributed by atoms with Crippen LogP contribution in [0.1, 0.15) is 25.0 Å². The van der Waals surface area contributed by atoms with Crippen molar-refractivity contribution in [1.29, 1.82) is 0 Å². The normalized spacial score (nSPS) is 11.5. The van der Waals surface area contributed by atoms with Crippen LogP contribution in [-0.4, -0.2) is 39.5 Å². The number of rotatable bonds is 6. The van der Waals surface area contributed by atoms with Crippen LogP contribution < -0.4 is 10.3 Å². The van der Waals surface area contributed by atoms with E-state index in [1.165, 1.54) is 5.69 Å². The standard InChI is InChI=1S/C21H23N7/c1-4-28(5-2)16-11-9-15(10-12-16)13-22-26-21-24-20-19(25-27-21)17-8-6-7-14(3)18(17)23-20/h6-13H,4-5H2,1-3H3,(H2,23,24,26,27)/b22-13-. The molecule has 2 N–H and O–H groups in total. The summed E-state index contributed by atoms with van der Waals surface area (Å²) in [5, 5.41) is 13.7. The van der Waals surface area contributed by atoms with E-state index >= 15 is 0 Å². The van der Waals surface area contributed by atoms with Gasteiger partial charge in [-0.3, -0.25) is 0 Å². The topological polar surface area (TPSA) is 82.1 Å². The third-order valence-corrected chi connectivity index (χ3v) is 4.86. The number of H-pyrrole nitrogens is 1. The number of aromatic nitrogens is 4. The molecule has 0 bridgehead atoms. The fourth-order valence-corrected chi connectivity index (χ4v) is 3.32. The Morgan fingerprint density at radius 2 is 1.86 bits per heavy atom. The van der Waals surface area contributed by atoms with E-state index in [0.29, 0.717) is 11.6 Å². The van der Waals surface area contributed by atoms with Crippen LogP contribution in [0.5, 0.6) is 0 Å². The number of hydrogen-bond acceptors (Lipinski definition) is 6. The second-order valence-corrected chi connectivity index (χ2v) is 6.59. The Labute approximate surface area is 163 Å². The maximum Gasteiger partial charge on any atom is 0.265 e. The van der Waals surface area contributed by atoms with Gasteiger partial charge in [0.2, 0.25) is 0 Å². The van der Waals surface area contributed by atoms with E-state index in [1.807, 2.05) is 24.3 Å². The molecule has 2 aromatic carbocycles. The zero-order chi connectivity index (χ0) is 19.5. The molecule has 2 aromatic heterocycles. The fraction of sp³-hybridized carbons (Fsp3) is 0.238. The SMILES string of the molecule is CCN(CC)c1ccc(/C=N\Nc2nnc3c(n2)[nH]c2c(C)cccc23)cc1. The molecule has 0 spiro atoms. The average Bonchev–Trinajstić information content (AvgIpc) is 3.09. The zero-order valence-corrected chi connectivity index (χ0v) is 16.3. The number of benzene rings is 2. The summed E-state index contributed by atoms with van der Waals surface area (Å²) in [6.45, 7) is 8.35. The molecule has 0 saturated carbocycles. The van der Waals surface area contributed by atoms with Gasteiger partial charge in [-0.05, 0) is 44.0 Å². The Balaban J connectivity index is 1.50. The molecule has 0 atom stereocenters. The van der Waals surface area contributed by atoms with Gasteiger partial charge in [0.25, 0.3) is 5.95 Å². The van der Waals surface area contributed by atoms with E-state index in [1.54, 1.807) is 6.21 Å². The molecule has 2 heterocycles. The molecule has 4 aromatic rings. The summed E-state index contributed by atoms with van der Waals surface area (Å²) in [6.07, 6.45) is 1.74. The van der Waals surface area contributed by atoms with Crippen molar-refractivity contribution in [3.63, 3.8) is 0 Å². The first-order chi connectivity index (χ1) is 13.7. The van der Waals surface area contributed by atoms with Gasteiger partial charge in [-0.2, -0.15) is 10.1 Å². The number of aryl methyl sites for hydroxylation is 1. The van der Waals surface area contributed by atoms with E-state index in [2.05, 4.69) is 74.6 Å². The Morgan fingerprint density at radius 1 is 1.07 bits per heavy atom. The largest absolute Gasteiger partial charge is 0.372 e. The first kappa shape index (κ1) is 17.9. The number of hydrazone groups is 1. The number of para-hydroxylation sites is 1. The van der Waals surface area contributed by atoms with Crippen molar-refractivity contribution >= 4 is 39.9 Å². The smallest absolute Gasteiger partial charge is 0.265 e. The van der Waals surface area contributed by atoms with Crippen LogP contribution in [0, 0.1) is 6.92 Å². The minimum Gasteiger partial charge on any atom is -0.372 e. The van der Waals surface area contributed by atoms with Gasteiger partial charge in [-0.1, -0.05) is 30.3 Å². The molecule has 0 fully saturated rings. The van der Waals surface area contributed by atoms with Gasteiger partial charge >= 0.3 is 0 Å². The molecule has 7 nitrogen and oxygen atoms in total. The summed E-state index contributed by atoms with van der Waals surface area (Å²) in [7, 11) is 0. The quantitative estimate of drug-likeness (QED) is 0.393. The fourth-order valence-electron chi connectivity index (χ4n) is 3.32. The summed E-state index contributed by atoms with van der Waals surface area (Å²) in [5.74, 6) is 0.354. The van der Waals surface area contributed by atoms with Crippen LogP contribution in [0.2, 0.25) is 0 Å². The number of fused-ring (bicyclic) bond motifs is 3. The molecular formula is C21H23N7. The summed E-state index contributed by atoms with van der Waals surface area (Å²) in [4.78, 5) is 10.1. The van der Waals surface area contributed by atoms with Gasteiger partial charge in [0.15, 0.2) is 5.65 Å². The van der Waals surface area contributed by atoms with Crippen molar-refractivity contribution in [2.45, 2.75) is 20.8 Å². The lowest BCUT2D eigenvalue weighted by Crippen LogP contribution is -2.21. The molecule has 0 saturated heterocycles. The second-order valence-electron chi connectivity index (χ2n) is 6.59. The number of nitrogens with zero attached hydrogens (tertiary/aromatic N) is 5. The average molecular weight is 373 g/mol. The molecule has 0 unspecified atom stereocenters. The van der Waals surface area contributed by atoms with Crippen LogP contribution in [-0.2, 0) is 0 Å². The predicted octanol–water partition coefficient (Wildman–Crippen LogP) is 4.11. The molecular weight excluding hydrogens is 350 g/mol. The molecule has 0 aliphatic rings. The Kier molecular flexibility index (Phi) is 4.89. The van der Waals surface area contributed by atoms with Gasteiger partial charge in [-0.25, -0.2) is 5.43 Å². The number of nitrogens with one attached hydrogen (secondary N) is 2. The van der Waals surface area contributed by atoms with Crippen molar-refractivity contribution in [2.75, 3.05) is 23.4 Å². The minimum absolute atomic E-state index is 0.354. The summed E-state index contributed by atoms with van der Waals surface area (Å²) in [6, 6.07) is 14.4. The maximum atomic E-state index is 4.48. The predicted molar refractivity (Wildman–Crippen MR) is 115 cm³/mol. The van der Waals surface area contributed by atoms with Gasteiger partial charge in [-0.15, -0.1) is 10.2 Å². The Morgan fingerprint density at radius 3 is 2.61 bits per heavy atom. The maximum absolute atomic E-state index is 4.48. The highest BCUT2D eigenvalue weighted by atomic mass is 15.4. The van der Waals surface area contributed by atoms with Crippen molar-refractivity contribution in [3.05, 3.63) is 53.6 Å². The molecule has 0 aliphatic carbocycles. The molecule has 0 radical (unpaired) electrons. The van der Waals surface area contributed by atoms with E-state index in [0.717, 1.165) is 40.6 Å².